The van der Waals surface area contributed by atoms with Gasteiger partial charge in [0.25, 0.3) is 15.6 Å². The second-order valence-electron chi connectivity index (χ2n) is 10.7. The average Bonchev–Trinajstić information content (AvgIpc) is 3.45. The summed E-state index contributed by atoms with van der Waals surface area (Å²) in [5.74, 6) is 1.54. The first-order chi connectivity index (χ1) is 22.6. The van der Waals surface area contributed by atoms with Gasteiger partial charge in [-0.15, -0.1) is 0 Å². The highest BCUT2D eigenvalue weighted by atomic mass is 32.2. The molecule has 0 aliphatic heterocycles. The second-order valence-corrected chi connectivity index (χ2v) is 12.3. The third kappa shape index (κ3) is 5.93. The van der Waals surface area contributed by atoms with E-state index in [4.69, 9.17) is 20.3 Å². The second kappa shape index (κ2) is 12.5. The van der Waals surface area contributed by atoms with Crippen molar-refractivity contribution in [3.8, 4) is 28.3 Å². The molecule has 0 amide bonds. The van der Waals surface area contributed by atoms with Crippen LogP contribution in [-0.2, 0) is 10.0 Å². The van der Waals surface area contributed by atoms with Gasteiger partial charge in [0, 0.05) is 18.0 Å². The van der Waals surface area contributed by atoms with Gasteiger partial charge in [-0.3, -0.25) is 14.1 Å². The van der Waals surface area contributed by atoms with Gasteiger partial charge in [-0.05, 0) is 67.4 Å². The van der Waals surface area contributed by atoms with Crippen LogP contribution in [0.2, 0.25) is 0 Å². The van der Waals surface area contributed by atoms with Gasteiger partial charge in [-0.1, -0.05) is 30.3 Å². The van der Waals surface area contributed by atoms with E-state index in [1.165, 1.54) is 38.7 Å². The SMILES string of the molecule is COc1ccc(S(=O)(=O)Nc2cccc(-c3c(N)ncnc3N[C@@H](C)c3nn4ccc(C)c4c(=O)n3-c3ccccc3)c2)c(OC)c1. The van der Waals surface area contributed by atoms with E-state index in [0.29, 0.717) is 39.7 Å². The van der Waals surface area contributed by atoms with Crippen molar-refractivity contribution in [1.82, 2.24) is 24.1 Å². The molecule has 0 aliphatic carbocycles. The third-order valence-corrected chi connectivity index (χ3v) is 9.03. The Kier molecular flexibility index (Phi) is 8.26. The molecule has 0 spiro atoms. The number of nitrogens with zero attached hydrogens (tertiary/aromatic N) is 5. The highest BCUT2D eigenvalue weighted by molar-refractivity contribution is 7.92. The number of hydrogen-bond donors (Lipinski definition) is 3. The van der Waals surface area contributed by atoms with E-state index in [2.05, 4.69) is 20.0 Å². The molecule has 6 aromatic rings. The summed E-state index contributed by atoms with van der Waals surface area (Å²) in [6.45, 7) is 3.73. The number of methoxy groups -OCH3 is 2. The Morgan fingerprint density at radius 2 is 1.72 bits per heavy atom. The number of nitrogen functional groups attached to an aromatic ring is 1. The van der Waals surface area contributed by atoms with E-state index >= 15 is 0 Å². The van der Waals surface area contributed by atoms with Crippen LogP contribution < -0.4 is 30.8 Å². The molecule has 3 heterocycles. The molecular formula is C33H32N8O5S. The molecule has 13 nitrogen and oxygen atoms in total. The fourth-order valence-electron chi connectivity index (χ4n) is 5.35. The van der Waals surface area contributed by atoms with Gasteiger partial charge in [0.15, 0.2) is 5.82 Å². The minimum absolute atomic E-state index is 0.0586. The number of anilines is 3. The number of aryl methyl sites for hydroxylation is 1. The molecule has 0 fully saturated rings. The molecule has 6 rings (SSSR count). The molecule has 14 heteroatoms. The quantitative estimate of drug-likeness (QED) is 0.187. The van der Waals surface area contributed by atoms with E-state index in [0.717, 1.165) is 5.56 Å². The zero-order valence-electron chi connectivity index (χ0n) is 26.0. The Morgan fingerprint density at radius 3 is 2.47 bits per heavy atom. The predicted octanol–water partition coefficient (Wildman–Crippen LogP) is 4.82. The van der Waals surface area contributed by atoms with Crippen molar-refractivity contribution in [2.45, 2.75) is 24.8 Å². The number of para-hydroxylation sites is 1. The lowest BCUT2D eigenvalue weighted by atomic mass is 10.1. The molecule has 0 aliphatic rings. The Labute approximate surface area is 270 Å². The highest BCUT2D eigenvalue weighted by Gasteiger charge is 2.24. The van der Waals surface area contributed by atoms with E-state index in [1.54, 1.807) is 39.5 Å². The van der Waals surface area contributed by atoms with Crippen LogP contribution in [0.3, 0.4) is 0 Å². The number of ether oxygens (including phenoxy) is 2. The van der Waals surface area contributed by atoms with E-state index in [9.17, 15) is 13.2 Å². The number of nitrogens with two attached hydrogens (primary N) is 1. The largest absolute Gasteiger partial charge is 0.497 e. The van der Waals surface area contributed by atoms with E-state index in [1.807, 2.05) is 50.2 Å². The maximum Gasteiger partial charge on any atom is 0.282 e. The lowest BCUT2D eigenvalue weighted by Crippen LogP contribution is -2.29. The molecule has 0 saturated carbocycles. The monoisotopic (exact) mass is 652 g/mol. The normalized spacial score (nSPS) is 12.1. The lowest BCUT2D eigenvalue weighted by molar-refractivity contribution is 0.386. The van der Waals surface area contributed by atoms with Crippen molar-refractivity contribution in [3.05, 3.63) is 113 Å². The highest BCUT2D eigenvalue weighted by Crippen LogP contribution is 2.35. The predicted molar refractivity (Wildman–Crippen MR) is 180 cm³/mol. The fraction of sp³-hybridized carbons (Fsp3) is 0.152. The maximum absolute atomic E-state index is 13.8. The van der Waals surface area contributed by atoms with Crippen molar-refractivity contribution in [2.24, 2.45) is 0 Å². The summed E-state index contributed by atoms with van der Waals surface area (Å²) in [6, 6.07) is 21.7. The van der Waals surface area contributed by atoms with Gasteiger partial charge in [-0.2, -0.15) is 5.10 Å². The molecule has 4 N–H and O–H groups in total. The van der Waals surface area contributed by atoms with Crippen molar-refractivity contribution in [2.75, 3.05) is 30.0 Å². The van der Waals surface area contributed by atoms with Crippen molar-refractivity contribution < 1.29 is 17.9 Å². The standard InChI is InChI=1S/C33H32N8O5S/c1-20-15-16-40-29(20)33(42)41(24-11-6-5-7-12-24)32(38-40)21(2)37-31-28(30(34)35-19-36-31)22-9-8-10-23(17-22)39-47(43,44)27-14-13-25(45-3)18-26(27)46-4/h5-19,21,39H,1-4H3,(H3,34,35,36,37)/t21-/m0/s1. The molecule has 240 valence electrons. The fourth-order valence-corrected chi connectivity index (χ4v) is 6.55. The summed E-state index contributed by atoms with van der Waals surface area (Å²) in [5.41, 5.74) is 9.38. The summed E-state index contributed by atoms with van der Waals surface area (Å²) < 4.78 is 43.1. The molecule has 0 bridgehead atoms. The molecule has 0 saturated heterocycles. The molecule has 3 aromatic carbocycles. The van der Waals surface area contributed by atoms with Crippen LogP contribution >= 0.6 is 0 Å². The van der Waals surface area contributed by atoms with Gasteiger partial charge in [0.2, 0.25) is 0 Å². The van der Waals surface area contributed by atoms with Gasteiger partial charge in [-0.25, -0.2) is 22.9 Å². The summed E-state index contributed by atoms with van der Waals surface area (Å²) in [4.78, 5) is 22.4. The summed E-state index contributed by atoms with van der Waals surface area (Å²) in [7, 11) is -1.19. The van der Waals surface area contributed by atoms with Crippen molar-refractivity contribution in [1.29, 1.82) is 0 Å². The van der Waals surface area contributed by atoms with Gasteiger partial charge >= 0.3 is 0 Å². The first kappa shape index (κ1) is 31.1. The van der Waals surface area contributed by atoms with Crippen LogP contribution in [0.5, 0.6) is 11.5 Å². The zero-order valence-corrected chi connectivity index (χ0v) is 26.8. The Bertz CT molecular complexity index is 2270. The number of benzene rings is 3. The van der Waals surface area contributed by atoms with Crippen molar-refractivity contribution in [3.63, 3.8) is 0 Å². The molecule has 0 unspecified atom stereocenters. The smallest absolute Gasteiger partial charge is 0.282 e. The Morgan fingerprint density at radius 1 is 0.936 bits per heavy atom. The third-order valence-electron chi connectivity index (χ3n) is 7.61. The minimum atomic E-state index is -4.06. The Balaban J connectivity index is 1.37. The number of sulfonamides is 1. The number of fused-ring (bicyclic) bond motifs is 1. The Hall–Kier alpha value is -5.89. The number of hydrogen-bond acceptors (Lipinski definition) is 10. The minimum Gasteiger partial charge on any atom is -0.497 e. The van der Waals surface area contributed by atoms with Gasteiger partial charge in [0.05, 0.1) is 31.5 Å². The summed E-state index contributed by atoms with van der Waals surface area (Å²) in [5, 5.41) is 8.17. The summed E-state index contributed by atoms with van der Waals surface area (Å²) in [6.07, 6.45) is 3.08. The molecule has 1 atom stereocenters. The van der Waals surface area contributed by atoms with Crippen LogP contribution in [0.25, 0.3) is 22.3 Å². The van der Waals surface area contributed by atoms with E-state index in [-0.39, 0.29) is 27.7 Å². The van der Waals surface area contributed by atoms with E-state index < -0.39 is 16.1 Å². The van der Waals surface area contributed by atoms with Crippen LogP contribution in [0.1, 0.15) is 24.4 Å². The van der Waals surface area contributed by atoms with Gasteiger partial charge < -0.3 is 20.5 Å². The zero-order chi connectivity index (χ0) is 33.3. The average molecular weight is 653 g/mol. The van der Waals surface area contributed by atoms with Crippen LogP contribution in [-0.4, -0.2) is 46.8 Å². The van der Waals surface area contributed by atoms with Crippen LogP contribution in [0.4, 0.5) is 17.3 Å². The molecule has 47 heavy (non-hydrogen) atoms. The van der Waals surface area contributed by atoms with Gasteiger partial charge in [0.1, 0.15) is 39.9 Å². The van der Waals surface area contributed by atoms with Crippen LogP contribution in [0, 0.1) is 6.92 Å². The molecular weight excluding hydrogens is 620 g/mol. The first-order valence-corrected chi connectivity index (χ1v) is 16.0. The topological polar surface area (TPSA) is 168 Å². The maximum atomic E-state index is 13.8. The van der Waals surface area contributed by atoms with Crippen LogP contribution in [0.15, 0.2) is 101 Å². The first-order valence-electron chi connectivity index (χ1n) is 14.5. The molecule has 0 radical (unpaired) electrons. The number of nitrogens with one attached hydrogen (secondary N) is 2. The lowest BCUT2D eigenvalue weighted by Gasteiger charge is -2.21. The number of aromatic nitrogens is 5. The molecule has 3 aromatic heterocycles. The summed E-state index contributed by atoms with van der Waals surface area (Å²) >= 11 is 0. The number of rotatable bonds is 10. The van der Waals surface area contributed by atoms with Crippen molar-refractivity contribution >= 4 is 32.9 Å².